The predicted molar refractivity (Wildman–Crippen MR) is 67.5 cm³/mol. The van der Waals surface area contributed by atoms with E-state index in [0.717, 1.165) is 11.6 Å². The monoisotopic (exact) mass is 207 g/mol. The van der Waals surface area contributed by atoms with Crippen LogP contribution in [0.2, 0.25) is 0 Å². The SMILES string of the molecule is CCCC(CC)CC1=C(N)C(C)=CCC1. The smallest absolute Gasteiger partial charge is 0.0332 e. The van der Waals surface area contributed by atoms with Crippen LogP contribution >= 0.6 is 0 Å². The molecule has 1 heteroatoms. The summed E-state index contributed by atoms with van der Waals surface area (Å²) in [5, 5.41) is 0. The van der Waals surface area contributed by atoms with Crippen molar-refractivity contribution in [3.05, 3.63) is 22.9 Å². The molecule has 1 rings (SSSR count). The van der Waals surface area contributed by atoms with Crippen LogP contribution in [0, 0.1) is 5.92 Å². The highest BCUT2D eigenvalue weighted by atomic mass is 14.6. The fraction of sp³-hybridized carbons (Fsp3) is 0.714. The molecule has 0 aliphatic heterocycles. The van der Waals surface area contributed by atoms with Gasteiger partial charge in [-0.1, -0.05) is 39.2 Å². The molecule has 1 atom stereocenters. The van der Waals surface area contributed by atoms with Crippen molar-refractivity contribution in [1.29, 1.82) is 0 Å². The molecular weight excluding hydrogens is 182 g/mol. The maximum absolute atomic E-state index is 6.13. The molecule has 0 bridgehead atoms. The average molecular weight is 207 g/mol. The van der Waals surface area contributed by atoms with Crippen LogP contribution in [0.25, 0.3) is 0 Å². The van der Waals surface area contributed by atoms with Crippen LogP contribution in [0.3, 0.4) is 0 Å². The van der Waals surface area contributed by atoms with Crippen molar-refractivity contribution in [2.75, 3.05) is 0 Å². The second-order valence-corrected chi connectivity index (χ2v) is 4.71. The van der Waals surface area contributed by atoms with Crippen LogP contribution in [0.4, 0.5) is 0 Å². The van der Waals surface area contributed by atoms with Gasteiger partial charge in [-0.2, -0.15) is 0 Å². The Morgan fingerprint density at radius 2 is 2.13 bits per heavy atom. The van der Waals surface area contributed by atoms with Gasteiger partial charge in [0.05, 0.1) is 0 Å². The third kappa shape index (κ3) is 3.40. The van der Waals surface area contributed by atoms with E-state index in [9.17, 15) is 0 Å². The van der Waals surface area contributed by atoms with Gasteiger partial charge in [0, 0.05) is 5.70 Å². The molecule has 0 aromatic rings. The van der Waals surface area contributed by atoms with Gasteiger partial charge in [0.1, 0.15) is 0 Å². The van der Waals surface area contributed by atoms with E-state index < -0.39 is 0 Å². The zero-order valence-electron chi connectivity index (χ0n) is 10.5. The quantitative estimate of drug-likeness (QED) is 0.720. The molecule has 0 heterocycles. The van der Waals surface area contributed by atoms with Gasteiger partial charge in [-0.15, -0.1) is 0 Å². The van der Waals surface area contributed by atoms with Crippen molar-refractivity contribution in [3.8, 4) is 0 Å². The average Bonchev–Trinajstić information content (AvgIpc) is 2.24. The summed E-state index contributed by atoms with van der Waals surface area (Å²) >= 11 is 0. The van der Waals surface area contributed by atoms with Gasteiger partial charge in [-0.3, -0.25) is 0 Å². The Labute approximate surface area is 94.4 Å². The molecule has 0 aromatic carbocycles. The molecule has 2 N–H and O–H groups in total. The van der Waals surface area contributed by atoms with E-state index in [1.807, 2.05) is 0 Å². The lowest BCUT2D eigenvalue weighted by atomic mass is 9.86. The minimum absolute atomic E-state index is 0.842. The van der Waals surface area contributed by atoms with Crippen LogP contribution in [0.5, 0.6) is 0 Å². The Morgan fingerprint density at radius 3 is 2.73 bits per heavy atom. The molecule has 0 radical (unpaired) electrons. The molecule has 86 valence electrons. The highest BCUT2D eigenvalue weighted by molar-refractivity contribution is 5.34. The Balaban J connectivity index is 2.63. The van der Waals surface area contributed by atoms with Crippen molar-refractivity contribution in [2.24, 2.45) is 11.7 Å². The Morgan fingerprint density at radius 1 is 1.40 bits per heavy atom. The zero-order valence-corrected chi connectivity index (χ0v) is 10.5. The number of hydrogen-bond acceptors (Lipinski definition) is 1. The molecule has 1 aliphatic rings. The van der Waals surface area contributed by atoms with Crippen LogP contribution in [-0.4, -0.2) is 0 Å². The molecule has 15 heavy (non-hydrogen) atoms. The molecule has 1 unspecified atom stereocenters. The van der Waals surface area contributed by atoms with Crippen LogP contribution in [0.1, 0.15) is 59.3 Å². The van der Waals surface area contributed by atoms with E-state index in [0.29, 0.717) is 0 Å². The first-order valence-electron chi connectivity index (χ1n) is 6.33. The summed E-state index contributed by atoms with van der Waals surface area (Å²) in [7, 11) is 0. The Bertz CT molecular complexity index is 261. The molecule has 0 fully saturated rings. The van der Waals surface area contributed by atoms with Crippen LogP contribution in [-0.2, 0) is 0 Å². The molecule has 0 spiro atoms. The number of rotatable bonds is 5. The first-order valence-corrected chi connectivity index (χ1v) is 6.33. The Kier molecular flexibility index (Phi) is 4.93. The summed E-state index contributed by atoms with van der Waals surface area (Å²) in [6.45, 7) is 6.70. The largest absolute Gasteiger partial charge is 0.399 e. The second-order valence-electron chi connectivity index (χ2n) is 4.71. The molecule has 1 aliphatic carbocycles. The fourth-order valence-corrected chi connectivity index (χ4v) is 2.41. The summed E-state index contributed by atoms with van der Waals surface area (Å²) in [6.07, 6.45) is 9.78. The first-order chi connectivity index (χ1) is 7.19. The van der Waals surface area contributed by atoms with Crippen LogP contribution in [0.15, 0.2) is 22.9 Å². The first kappa shape index (κ1) is 12.4. The van der Waals surface area contributed by atoms with Crippen molar-refractivity contribution >= 4 is 0 Å². The maximum Gasteiger partial charge on any atom is 0.0332 e. The minimum Gasteiger partial charge on any atom is -0.399 e. The second kappa shape index (κ2) is 5.99. The Hall–Kier alpha value is -0.720. The third-order valence-corrected chi connectivity index (χ3v) is 3.51. The molecule has 0 saturated carbocycles. The molecule has 0 aromatic heterocycles. The fourth-order valence-electron chi connectivity index (χ4n) is 2.41. The maximum atomic E-state index is 6.13. The van der Waals surface area contributed by atoms with Crippen molar-refractivity contribution in [1.82, 2.24) is 0 Å². The highest BCUT2D eigenvalue weighted by Crippen LogP contribution is 2.29. The third-order valence-electron chi connectivity index (χ3n) is 3.51. The topological polar surface area (TPSA) is 26.0 Å². The lowest BCUT2D eigenvalue weighted by Crippen LogP contribution is -2.11. The van der Waals surface area contributed by atoms with Gasteiger partial charge >= 0.3 is 0 Å². The predicted octanol–water partition coefficient (Wildman–Crippen LogP) is 4.16. The van der Waals surface area contributed by atoms with E-state index in [-0.39, 0.29) is 0 Å². The highest BCUT2D eigenvalue weighted by Gasteiger charge is 2.14. The molecule has 1 nitrogen and oxygen atoms in total. The molecular formula is C14H25N. The normalized spacial score (nSPS) is 19.0. The van der Waals surface area contributed by atoms with E-state index in [4.69, 9.17) is 5.73 Å². The number of allylic oxidation sites excluding steroid dienone is 3. The summed E-state index contributed by atoms with van der Waals surface area (Å²) in [6, 6.07) is 0. The van der Waals surface area contributed by atoms with Gasteiger partial charge in [0.25, 0.3) is 0 Å². The standard InChI is InChI=1S/C14H25N/c1-4-7-12(5-2)10-13-9-6-8-11(3)14(13)15/h8,12H,4-7,9-10,15H2,1-3H3. The summed E-state index contributed by atoms with van der Waals surface area (Å²) in [5.41, 5.74) is 10.0. The van der Waals surface area contributed by atoms with Gasteiger partial charge in [0.15, 0.2) is 0 Å². The van der Waals surface area contributed by atoms with E-state index in [2.05, 4.69) is 26.8 Å². The van der Waals surface area contributed by atoms with E-state index in [1.54, 1.807) is 0 Å². The van der Waals surface area contributed by atoms with Gasteiger partial charge < -0.3 is 5.73 Å². The number of hydrogen-bond donors (Lipinski definition) is 1. The van der Waals surface area contributed by atoms with E-state index in [1.165, 1.54) is 49.7 Å². The summed E-state index contributed by atoms with van der Waals surface area (Å²) in [5.74, 6) is 0.842. The summed E-state index contributed by atoms with van der Waals surface area (Å²) < 4.78 is 0. The van der Waals surface area contributed by atoms with Crippen LogP contribution < -0.4 is 5.73 Å². The van der Waals surface area contributed by atoms with Gasteiger partial charge in [-0.05, 0) is 43.3 Å². The van der Waals surface area contributed by atoms with Gasteiger partial charge in [0.2, 0.25) is 0 Å². The van der Waals surface area contributed by atoms with Gasteiger partial charge in [-0.25, -0.2) is 0 Å². The van der Waals surface area contributed by atoms with E-state index >= 15 is 0 Å². The lowest BCUT2D eigenvalue weighted by Gasteiger charge is -2.21. The lowest BCUT2D eigenvalue weighted by molar-refractivity contribution is 0.453. The summed E-state index contributed by atoms with van der Waals surface area (Å²) in [4.78, 5) is 0. The van der Waals surface area contributed by atoms with Crippen molar-refractivity contribution < 1.29 is 0 Å². The number of nitrogens with two attached hydrogens (primary N) is 1. The zero-order chi connectivity index (χ0) is 11.3. The van der Waals surface area contributed by atoms with Crippen molar-refractivity contribution in [2.45, 2.75) is 59.3 Å². The molecule has 0 amide bonds. The van der Waals surface area contributed by atoms with Crippen molar-refractivity contribution in [3.63, 3.8) is 0 Å². The molecule has 0 saturated heterocycles. The minimum atomic E-state index is 0.842.